The van der Waals surface area contributed by atoms with Crippen molar-refractivity contribution in [3.8, 4) is 11.1 Å². The highest BCUT2D eigenvalue weighted by atomic mass is 32.2. The Hall–Kier alpha value is -3.26. The molecule has 4 rings (SSSR count). The number of hydrogen-bond donors (Lipinski definition) is 2. The van der Waals surface area contributed by atoms with Crippen LogP contribution in [0.25, 0.3) is 11.1 Å². The zero-order chi connectivity index (χ0) is 21.1. The second-order valence-electron chi connectivity index (χ2n) is 7.18. The molecule has 1 atom stereocenters. The number of nitrogens with one attached hydrogen (secondary N) is 1. The van der Waals surface area contributed by atoms with Crippen LogP contribution in [0.2, 0.25) is 0 Å². The largest absolute Gasteiger partial charge is 0.379 e. The number of thioether (sulfide) groups is 1. The quantitative estimate of drug-likeness (QED) is 0.658. The van der Waals surface area contributed by atoms with Gasteiger partial charge in [-0.1, -0.05) is 23.9 Å². The predicted molar refractivity (Wildman–Crippen MR) is 118 cm³/mol. The number of rotatable bonds is 4. The number of hydrogen-bond acceptors (Lipinski definition) is 6. The lowest BCUT2D eigenvalue weighted by Crippen LogP contribution is -2.29. The first-order valence-electron chi connectivity index (χ1n) is 9.39. The van der Waals surface area contributed by atoms with E-state index in [0.717, 1.165) is 16.9 Å². The number of anilines is 1. The second kappa shape index (κ2) is 8.23. The fraction of sp³-hybridized carbons (Fsp3) is 0.182. The molecular weight excluding hydrogens is 401 g/mol. The van der Waals surface area contributed by atoms with E-state index < -0.39 is 5.54 Å². The SMILES string of the molecule is CC1(c2cc(NC(=O)c3ccc(-c4cncnc4)cc3)ccc2F)CCSC(N)=N1. The third-order valence-corrected chi connectivity index (χ3v) is 5.84. The van der Waals surface area contributed by atoms with Crippen molar-refractivity contribution < 1.29 is 9.18 Å². The summed E-state index contributed by atoms with van der Waals surface area (Å²) in [6.45, 7) is 1.86. The summed E-state index contributed by atoms with van der Waals surface area (Å²) in [5.74, 6) is 0.116. The normalized spacial score (nSPS) is 18.5. The van der Waals surface area contributed by atoms with Gasteiger partial charge in [0.25, 0.3) is 5.91 Å². The van der Waals surface area contributed by atoms with Gasteiger partial charge in [0.05, 0.1) is 5.54 Å². The lowest BCUT2D eigenvalue weighted by atomic mass is 9.89. The van der Waals surface area contributed by atoms with Gasteiger partial charge in [0, 0.05) is 40.5 Å². The fourth-order valence-corrected chi connectivity index (χ4v) is 4.34. The van der Waals surface area contributed by atoms with Crippen molar-refractivity contribution >= 4 is 28.5 Å². The third kappa shape index (κ3) is 4.18. The van der Waals surface area contributed by atoms with Crippen molar-refractivity contribution in [1.29, 1.82) is 0 Å². The zero-order valence-electron chi connectivity index (χ0n) is 16.3. The van der Waals surface area contributed by atoms with Crippen LogP contribution in [0.4, 0.5) is 10.1 Å². The highest BCUT2D eigenvalue weighted by molar-refractivity contribution is 8.13. The summed E-state index contributed by atoms with van der Waals surface area (Å²) in [7, 11) is 0. The van der Waals surface area contributed by atoms with Crippen LogP contribution in [-0.2, 0) is 5.54 Å². The number of amides is 1. The monoisotopic (exact) mass is 421 g/mol. The molecule has 0 saturated heterocycles. The molecule has 1 aliphatic heterocycles. The van der Waals surface area contributed by atoms with E-state index in [1.54, 1.807) is 36.7 Å². The fourth-order valence-electron chi connectivity index (χ4n) is 3.36. The van der Waals surface area contributed by atoms with Crippen molar-refractivity contribution in [2.45, 2.75) is 18.9 Å². The molecule has 3 N–H and O–H groups in total. The van der Waals surface area contributed by atoms with Crippen molar-refractivity contribution in [2.24, 2.45) is 10.7 Å². The van der Waals surface area contributed by atoms with Gasteiger partial charge in [0.1, 0.15) is 12.1 Å². The average Bonchev–Trinajstić information content (AvgIpc) is 2.75. The molecule has 30 heavy (non-hydrogen) atoms. The topological polar surface area (TPSA) is 93.3 Å². The van der Waals surface area contributed by atoms with E-state index in [2.05, 4.69) is 20.3 Å². The van der Waals surface area contributed by atoms with E-state index >= 15 is 0 Å². The minimum atomic E-state index is -0.750. The maximum Gasteiger partial charge on any atom is 0.255 e. The summed E-state index contributed by atoms with van der Waals surface area (Å²) in [6.07, 6.45) is 5.55. The molecule has 8 heteroatoms. The van der Waals surface area contributed by atoms with E-state index in [0.29, 0.717) is 28.4 Å². The molecule has 6 nitrogen and oxygen atoms in total. The molecule has 1 aromatic heterocycles. The molecule has 0 saturated carbocycles. The average molecular weight is 422 g/mol. The number of benzene rings is 2. The van der Waals surface area contributed by atoms with Gasteiger partial charge >= 0.3 is 0 Å². The van der Waals surface area contributed by atoms with Gasteiger partial charge < -0.3 is 11.1 Å². The van der Waals surface area contributed by atoms with Gasteiger partial charge in [-0.2, -0.15) is 0 Å². The lowest BCUT2D eigenvalue weighted by molar-refractivity contribution is 0.102. The Labute approximate surface area is 177 Å². The number of halogens is 1. The number of amidine groups is 1. The standard InChI is InChI=1S/C22H20FN5OS/c1-22(8-9-30-21(24)28-22)18-10-17(6-7-19(18)23)27-20(29)15-4-2-14(3-5-15)16-11-25-13-26-12-16/h2-7,10-13H,8-9H2,1H3,(H2,24,28)(H,27,29). The van der Waals surface area contributed by atoms with Crippen LogP contribution in [0, 0.1) is 5.82 Å². The summed E-state index contributed by atoms with van der Waals surface area (Å²) in [5, 5.41) is 3.28. The van der Waals surface area contributed by atoms with Crippen LogP contribution in [-0.4, -0.2) is 26.8 Å². The Kier molecular flexibility index (Phi) is 5.50. The molecule has 2 aromatic carbocycles. The number of carbonyl (C=O) groups excluding carboxylic acids is 1. The van der Waals surface area contributed by atoms with Gasteiger partial charge in [-0.3, -0.25) is 9.79 Å². The minimum Gasteiger partial charge on any atom is -0.379 e. The first-order chi connectivity index (χ1) is 14.4. The first-order valence-corrected chi connectivity index (χ1v) is 10.4. The molecule has 0 aliphatic carbocycles. The summed E-state index contributed by atoms with van der Waals surface area (Å²) >= 11 is 1.46. The van der Waals surface area contributed by atoms with Crippen LogP contribution in [0.3, 0.4) is 0 Å². The van der Waals surface area contributed by atoms with Gasteiger partial charge in [0.15, 0.2) is 5.17 Å². The predicted octanol–water partition coefficient (Wildman–Crippen LogP) is 4.20. The number of carbonyl (C=O) groups is 1. The van der Waals surface area contributed by atoms with Gasteiger partial charge in [0.2, 0.25) is 0 Å². The number of nitrogens with zero attached hydrogens (tertiary/aromatic N) is 3. The van der Waals surface area contributed by atoms with Crippen LogP contribution in [0.5, 0.6) is 0 Å². The first kappa shape index (κ1) is 20.0. The molecule has 0 bridgehead atoms. The van der Waals surface area contributed by atoms with Crippen LogP contribution < -0.4 is 11.1 Å². The van der Waals surface area contributed by atoms with E-state index in [-0.39, 0.29) is 11.7 Å². The summed E-state index contributed by atoms with van der Waals surface area (Å²) < 4.78 is 14.6. The molecular formula is C22H20FN5OS. The van der Waals surface area contributed by atoms with Gasteiger partial charge in [-0.25, -0.2) is 14.4 Å². The molecule has 1 aliphatic rings. The maximum absolute atomic E-state index is 14.6. The maximum atomic E-state index is 14.6. The van der Waals surface area contributed by atoms with Crippen LogP contribution >= 0.6 is 11.8 Å². The van der Waals surface area contributed by atoms with E-state index in [4.69, 9.17) is 5.73 Å². The number of aromatic nitrogens is 2. The lowest BCUT2D eigenvalue weighted by Gasteiger charge is -2.30. The van der Waals surface area contributed by atoms with Crippen LogP contribution in [0.1, 0.15) is 29.3 Å². The van der Waals surface area contributed by atoms with E-state index in [9.17, 15) is 9.18 Å². The van der Waals surface area contributed by atoms with Crippen molar-refractivity contribution in [3.05, 3.63) is 78.1 Å². The Morgan fingerprint density at radius 3 is 2.57 bits per heavy atom. The summed E-state index contributed by atoms with van der Waals surface area (Å²) in [6, 6.07) is 11.7. The third-order valence-electron chi connectivity index (χ3n) is 5.04. The van der Waals surface area contributed by atoms with E-state index in [1.165, 1.54) is 24.2 Å². The van der Waals surface area contributed by atoms with Crippen LogP contribution in [0.15, 0.2) is 66.2 Å². The highest BCUT2D eigenvalue weighted by Gasteiger charge is 2.32. The molecule has 1 amide bonds. The zero-order valence-corrected chi connectivity index (χ0v) is 17.1. The Bertz CT molecular complexity index is 1100. The highest BCUT2D eigenvalue weighted by Crippen LogP contribution is 2.37. The Balaban J connectivity index is 1.55. The molecule has 2 heterocycles. The number of aliphatic imine (C=N–C) groups is 1. The molecule has 0 radical (unpaired) electrons. The number of nitrogens with two attached hydrogens (primary N) is 1. The Morgan fingerprint density at radius 1 is 1.13 bits per heavy atom. The molecule has 0 spiro atoms. The molecule has 3 aromatic rings. The van der Waals surface area contributed by atoms with Crippen molar-refractivity contribution in [3.63, 3.8) is 0 Å². The smallest absolute Gasteiger partial charge is 0.255 e. The summed E-state index contributed by atoms with van der Waals surface area (Å²) in [5.41, 5.74) is 8.30. The molecule has 1 unspecified atom stereocenters. The Morgan fingerprint density at radius 2 is 1.87 bits per heavy atom. The van der Waals surface area contributed by atoms with Crippen molar-refractivity contribution in [1.82, 2.24) is 9.97 Å². The summed E-state index contributed by atoms with van der Waals surface area (Å²) in [4.78, 5) is 25.1. The van der Waals surface area contributed by atoms with Crippen molar-refractivity contribution in [2.75, 3.05) is 11.1 Å². The molecule has 152 valence electrons. The molecule has 0 fully saturated rings. The minimum absolute atomic E-state index is 0.282. The van der Waals surface area contributed by atoms with Gasteiger partial charge in [-0.05, 0) is 49.2 Å². The van der Waals surface area contributed by atoms with E-state index in [1.807, 2.05) is 19.1 Å². The van der Waals surface area contributed by atoms with Gasteiger partial charge in [-0.15, -0.1) is 0 Å². The second-order valence-corrected chi connectivity index (χ2v) is 8.29.